The Hall–Kier alpha value is -1.25. The topological polar surface area (TPSA) is 42.1 Å². The summed E-state index contributed by atoms with van der Waals surface area (Å²) >= 11 is 0. The van der Waals surface area contributed by atoms with Gasteiger partial charge in [0.2, 0.25) is 0 Å². The van der Waals surface area contributed by atoms with E-state index in [1.165, 1.54) is 32.1 Å². The van der Waals surface area contributed by atoms with Gasteiger partial charge in [-0.3, -0.25) is 0 Å². The van der Waals surface area contributed by atoms with Crippen molar-refractivity contribution in [2.45, 2.75) is 45.1 Å². The summed E-state index contributed by atoms with van der Waals surface area (Å²) in [6, 6.07) is 4.65. The van der Waals surface area contributed by atoms with E-state index in [0.717, 1.165) is 18.1 Å². The normalized spacial score (nSPS) is 17.3. The predicted molar refractivity (Wildman–Crippen MR) is 68.5 cm³/mol. The molecule has 0 saturated heterocycles. The summed E-state index contributed by atoms with van der Waals surface area (Å²) in [5.41, 5.74) is 6.41. The smallest absolute Gasteiger partial charge is 0.128 e. The second-order valence-corrected chi connectivity index (χ2v) is 4.53. The van der Waals surface area contributed by atoms with E-state index in [1.54, 1.807) is 6.20 Å². The molecule has 16 heavy (non-hydrogen) atoms. The van der Waals surface area contributed by atoms with Crippen LogP contribution < -0.4 is 10.6 Å². The fourth-order valence-electron chi connectivity index (χ4n) is 2.57. The molecular formula is C13H21N3. The van der Waals surface area contributed by atoms with E-state index >= 15 is 0 Å². The van der Waals surface area contributed by atoms with Gasteiger partial charge in [0, 0.05) is 12.6 Å². The van der Waals surface area contributed by atoms with Crippen LogP contribution in [0.25, 0.3) is 0 Å². The summed E-state index contributed by atoms with van der Waals surface area (Å²) in [6.07, 6.45) is 8.47. The average molecular weight is 219 g/mol. The van der Waals surface area contributed by atoms with E-state index in [1.807, 2.05) is 12.1 Å². The SMILES string of the molecule is CCN(c1ccc(N)cn1)C1CCCCC1. The monoisotopic (exact) mass is 219 g/mol. The minimum Gasteiger partial charge on any atom is -0.397 e. The molecule has 2 N–H and O–H groups in total. The zero-order valence-electron chi connectivity index (χ0n) is 10.0. The largest absolute Gasteiger partial charge is 0.397 e. The predicted octanol–water partition coefficient (Wildman–Crippen LogP) is 2.82. The van der Waals surface area contributed by atoms with Crippen molar-refractivity contribution < 1.29 is 0 Å². The molecule has 2 rings (SSSR count). The lowest BCUT2D eigenvalue weighted by Crippen LogP contribution is -2.37. The van der Waals surface area contributed by atoms with Gasteiger partial charge in [0.1, 0.15) is 5.82 Å². The van der Waals surface area contributed by atoms with E-state index in [-0.39, 0.29) is 0 Å². The highest BCUT2D eigenvalue weighted by Gasteiger charge is 2.20. The van der Waals surface area contributed by atoms with E-state index < -0.39 is 0 Å². The Kier molecular flexibility index (Phi) is 3.65. The maximum Gasteiger partial charge on any atom is 0.128 e. The van der Waals surface area contributed by atoms with E-state index in [0.29, 0.717) is 6.04 Å². The van der Waals surface area contributed by atoms with Crippen LogP contribution in [-0.4, -0.2) is 17.6 Å². The molecule has 0 aromatic carbocycles. The summed E-state index contributed by atoms with van der Waals surface area (Å²) < 4.78 is 0. The zero-order chi connectivity index (χ0) is 11.4. The second-order valence-electron chi connectivity index (χ2n) is 4.53. The van der Waals surface area contributed by atoms with E-state index in [9.17, 15) is 0 Å². The molecule has 1 heterocycles. The maximum atomic E-state index is 5.67. The standard InChI is InChI=1S/C13H21N3/c1-2-16(12-6-4-3-5-7-12)13-9-8-11(14)10-15-13/h8-10,12H,2-7,14H2,1H3. The number of hydrogen-bond acceptors (Lipinski definition) is 3. The van der Waals surface area contributed by atoms with Crippen molar-refractivity contribution in [2.75, 3.05) is 17.2 Å². The van der Waals surface area contributed by atoms with Crippen molar-refractivity contribution >= 4 is 11.5 Å². The van der Waals surface area contributed by atoms with Crippen LogP contribution >= 0.6 is 0 Å². The van der Waals surface area contributed by atoms with Crippen LogP contribution in [0.15, 0.2) is 18.3 Å². The number of aromatic nitrogens is 1. The van der Waals surface area contributed by atoms with Crippen LogP contribution in [0.2, 0.25) is 0 Å². The van der Waals surface area contributed by atoms with Crippen LogP contribution in [0.1, 0.15) is 39.0 Å². The number of nitrogens with zero attached hydrogens (tertiary/aromatic N) is 2. The minimum absolute atomic E-state index is 0.676. The molecule has 3 heteroatoms. The maximum absolute atomic E-state index is 5.67. The van der Waals surface area contributed by atoms with Crippen molar-refractivity contribution in [2.24, 2.45) is 0 Å². The molecule has 0 radical (unpaired) electrons. The fraction of sp³-hybridized carbons (Fsp3) is 0.615. The second kappa shape index (κ2) is 5.19. The van der Waals surface area contributed by atoms with Gasteiger partial charge >= 0.3 is 0 Å². The molecular weight excluding hydrogens is 198 g/mol. The van der Waals surface area contributed by atoms with Crippen LogP contribution in [0.4, 0.5) is 11.5 Å². The molecule has 0 aliphatic heterocycles. The fourth-order valence-corrected chi connectivity index (χ4v) is 2.57. The molecule has 1 fully saturated rings. The Bertz CT molecular complexity index is 314. The number of anilines is 2. The summed E-state index contributed by atoms with van der Waals surface area (Å²) in [7, 11) is 0. The molecule has 0 amide bonds. The molecule has 88 valence electrons. The van der Waals surface area contributed by atoms with Gasteiger partial charge in [0.15, 0.2) is 0 Å². The Morgan fingerprint density at radius 1 is 1.31 bits per heavy atom. The van der Waals surface area contributed by atoms with E-state index in [4.69, 9.17) is 5.73 Å². The third-order valence-electron chi connectivity index (χ3n) is 3.42. The first-order valence-electron chi connectivity index (χ1n) is 6.29. The van der Waals surface area contributed by atoms with Gasteiger partial charge < -0.3 is 10.6 Å². The zero-order valence-corrected chi connectivity index (χ0v) is 10.0. The Morgan fingerprint density at radius 2 is 2.06 bits per heavy atom. The Morgan fingerprint density at radius 3 is 2.62 bits per heavy atom. The quantitative estimate of drug-likeness (QED) is 0.850. The molecule has 3 nitrogen and oxygen atoms in total. The highest BCUT2D eigenvalue weighted by molar-refractivity contribution is 5.46. The molecule has 0 spiro atoms. The molecule has 0 unspecified atom stereocenters. The van der Waals surface area contributed by atoms with Gasteiger partial charge in [-0.05, 0) is 31.9 Å². The number of nitrogens with two attached hydrogens (primary N) is 1. The van der Waals surface area contributed by atoms with Crippen molar-refractivity contribution in [3.63, 3.8) is 0 Å². The lowest BCUT2D eigenvalue weighted by molar-refractivity contribution is 0.416. The molecule has 1 saturated carbocycles. The summed E-state index contributed by atoms with van der Waals surface area (Å²) in [6.45, 7) is 3.23. The molecule has 1 aromatic heterocycles. The highest BCUT2D eigenvalue weighted by Crippen LogP contribution is 2.26. The third kappa shape index (κ3) is 2.46. The van der Waals surface area contributed by atoms with Crippen molar-refractivity contribution in [1.82, 2.24) is 4.98 Å². The molecule has 0 atom stereocenters. The van der Waals surface area contributed by atoms with Gasteiger partial charge in [-0.25, -0.2) is 4.98 Å². The van der Waals surface area contributed by atoms with Crippen molar-refractivity contribution in [3.8, 4) is 0 Å². The van der Waals surface area contributed by atoms with Crippen LogP contribution in [0, 0.1) is 0 Å². The summed E-state index contributed by atoms with van der Waals surface area (Å²) in [5.74, 6) is 1.07. The first kappa shape index (κ1) is 11.2. The van der Waals surface area contributed by atoms with Crippen LogP contribution in [0.5, 0.6) is 0 Å². The van der Waals surface area contributed by atoms with Crippen LogP contribution in [-0.2, 0) is 0 Å². The summed E-state index contributed by atoms with van der Waals surface area (Å²) in [5, 5.41) is 0. The Labute approximate surface area is 97.7 Å². The van der Waals surface area contributed by atoms with Gasteiger partial charge in [0.05, 0.1) is 11.9 Å². The van der Waals surface area contributed by atoms with Gasteiger partial charge in [-0.1, -0.05) is 19.3 Å². The first-order chi connectivity index (χ1) is 7.81. The summed E-state index contributed by atoms with van der Waals surface area (Å²) in [4.78, 5) is 6.84. The lowest BCUT2D eigenvalue weighted by atomic mass is 9.94. The number of hydrogen-bond donors (Lipinski definition) is 1. The lowest BCUT2D eigenvalue weighted by Gasteiger charge is -2.34. The third-order valence-corrected chi connectivity index (χ3v) is 3.42. The van der Waals surface area contributed by atoms with E-state index in [2.05, 4.69) is 16.8 Å². The molecule has 1 aliphatic rings. The number of pyridine rings is 1. The number of rotatable bonds is 3. The number of nitrogen functional groups attached to an aromatic ring is 1. The first-order valence-corrected chi connectivity index (χ1v) is 6.29. The van der Waals surface area contributed by atoms with Crippen molar-refractivity contribution in [3.05, 3.63) is 18.3 Å². The Balaban J connectivity index is 2.11. The molecule has 1 aromatic rings. The minimum atomic E-state index is 0.676. The van der Waals surface area contributed by atoms with Crippen LogP contribution in [0.3, 0.4) is 0 Å². The van der Waals surface area contributed by atoms with Gasteiger partial charge in [-0.15, -0.1) is 0 Å². The van der Waals surface area contributed by atoms with Gasteiger partial charge in [-0.2, -0.15) is 0 Å². The van der Waals surface area contributed by atoms with Crippen molar-refractivity contribution in [1.29, 1.82) is 0 Å². The average Bonchev–Trinajstić information content (AvgIpc) is 2.34. The molecule has 1 aliphatic carbocycles. The highest BCUT2D eigenvalue weighted by atomic mass is 15.2. The van der Waals surface area contributed by atoms with Gasteiger partial charge in [0.25, 0.3) is 0 Å². The molecule has 0 bridgehead atoms.